The lowest BCUT2D eigenvalue weighted by molar-refractivity contribution is -0.137. The Hall–Kier alpha value is -1.57. The van der Waals surface area contributed by atoms with Gasteiger partial charge in [0.1, 0.15) is 5.60 Å². The molecule has 0 aliphatic heterocycles. The molecule has 0 spiro atoms. The third-order valence-electron chi connectivity index (χ3n) is 1.89. The lowest BCUT2D eigenvalue weighted by Crippen LogP contribution is -2.27. The molecule has 1 amide bonds. The number of hydrogen-bond acceptors (Lipinski definition) is 4. The molecular weight excluding hydrogens is 318 g/mol. The first kappa shape index (κ1) is 15.5. The second-order valence-corrected chi connectivity index (χ2v) is 5.71. The predicted octanol–water partition coefficient (Wildman–Crippen LogP) is 2.47. The average molecular weight is 334 g/mol. The Morgan fingerprint density at radius 3 is 2.68 bits per heavy atom. The minimum Gasteiger partial charge on any atom is -0.481 e. The summed E-state index contributed by atoms with van der Waals surface area (Å²) in [5.41, 5.74) is -0.595. The van der Waals surface area contributed by atoms with Crippen molar-refractivity contribution in [2.24, 2.45) is 0 Å². The first-order valence-electron chi connectivity index (χ1n) is 5.62. The van der Waals surface area contributed by atoms with Crippen molar-refractivity contribution in [2.45, 2.75) is 39.3 Å². The fourth-order valence-corrected chi connectivity index (χ4v) is 1.62. The van der Waals surface area contributed by atoms with Crippen molar-refractivity contribution in [2.75, 3.05) is 5.32 Å². The molecule has 1 heterocycles. The number of carbonyl (C=O) groups excluding carboxylic acids is 1. The molecule has 0 bridgehead atoms. The molecule has 7 nitrogen and oxygen atoms in total. The van der Waals surface area contributed by atoms with Crippen LogP contribution in [0.2, 0.25) is 0 Å². The van der Waals surface area contributed by atoms with Gasteiger partial charge in [-0.15, -0.1) is 0 Å². The molecule has 1 rings (SSSR count). The number of aliphatic carboxylic acids is 1. The van der Waals surface area contributed by atoms with Gasteiger partial charge in [0.15, 0.2) is 5.82 Å². The molecule has 0 aromatic carbocycles. The van der Waals surface area contributed by atoms with Gasteiger partial charge in [-0.25, -0.2) is 4.79 Å². The molecule has 0 saturated carbocycles. The van der Waals surface area contributed by atoms with E-state index in [1.807, 2.05) is 0 Å². The summed E-state index contributed by atoms with van der Waals surface area (Å²) < 4.78 is 7.08. The zero-order valence-corrected chi connectivity index (χ0v) is 12.5. The summed E-state index contributed by atoms with van der Waals surface area (Å²) in [6.45, 7) is 5.50. The Labute approximate surface area is 119 Å². The maximum absolute atomic E-state index is 11.6. The van der Waals surface area contributed by atoms with Crippen LogP contribution < -0.4 is 5.32 Å². The molecule has 0 atom stereocenters. The summed E-state index contributed by atoms with van der Waals surface area (Å²) in [5.74, 6) is -0.618. The van der Waals surface area contributed by atoms with E-state index in [4.69, 9.17) is 9.84 Å². The van der Waals surface area contributed by atoms with Crippen LogP contribution in [-0.4, -0.2) is 32.6 Å². The second-order valence-electron chi connectivity index (χ2n) is 4.86. The first-order valence-corrected chi connectivity index (χ1v) is 6.41. The largest absolute Gasteiger partial charge is 0.481 e. The molecule has 0 radical (unpaired) electrons. The van der Waals surface area contributed by atoms with Gasteiger partial charge >= 0.3 is 12.1 Å². The third-order valence-corrected chi connectivity index (χ3v) is 2.47. The van der Waals surface area contributed by atoms with E-state index in [1.54, 1.807) is 27.0 Å². The van der Waals surface area contributed by atoms with Gasteiger partial charge in [0.2, 0.25) is 0 Å². The molecule has 8 heteroatoms. The van der Waals surface area contributed by atoms with E-state index in [2.05, 4.69) is 26.3 Å². The van der Waals surface area contributed by atoms with E-state index in [0.717, 1.165) is 0 Å². The zero-order chi connectivity index (χ0) is 14.6. The highest BCUT2D eigenvalue weighted by molar-refractivity contribution is 9.10. The van der Waals surface area contributed by atoms with Crippen LogP contribution in [0.4, 0.5) is 10.6 Å². The molecule has 0 aliphatic carbocycles. The smallest absolute Gasteiger partial charge is 0.413 e. The predicted molar refractivity (Wildman–Crippen MR) is 72.0 cm³/mol. The van der Waals surface area contributed by atoms with Crippen molar-refractivity contribution in [3.05, 3.63) is 10.7 Å². The van der Waals surface area contributed by atoms with Crippen LogP contribution >= 0.6 is 15.9 Å². The van der Waals surface area contributed by atoms with Crippen LogP contribution in [0.5, 0.6) is 0 Å². The monoisotopic (exact) mass is 333 g/mol. The van der Waals surface area contributed by atoms with Crippen LogP contribution in [-0.2, 0) is 16.1 Å². The fourth-order valence-electron chi connectivity index (χ4n) is 1.21. The highest BCUT2D eigenvalue weighted by Crippen LogP contribution is 2.21. The number of ether oxygens (including phenoxy) is 1. The van der Waals surface area contributed by atoms with Gasteiger partial charge in [-0.1, -0.05) is 0 Å². The zero-order valence-electron chi connectivity index (χ0n) is 10.9. The minimum absolute atomic E-state index is 0.0417. The number of carboxylic acids is 1. The number of nitrogens with one attached hydrogen (secondary N) is 1. The van der Waals surface area contributed by atoms with Gasteiger partial charge in [-0.05, 0) is 36.7 Å². The summed E-state index contributed by atoms with van der Waals surface area (Å²) in [5, 5.41) is 15.1. The highest BCUT2D eigenvalue weighted by Gasteiger charge is 2.18. The lowest BCUT2D eigenvalue weighted by Gasteiger charge is -2.19. The molecule has 19 heavy (non-hydrogen) atoms. The molecule has 2 N–H and O–H groups in total. The Bertz CT molecular complexity index is 479. The number of nitrogens with zero attached hydrogens (tertiary/aromatic N) is 2. The number of halogens is 1. The van der Waals surface area contributed by atoms with Crippen molar-refractivity contribution in [1.82, 2.24) is 9.78 Å². The summed E-state index contributed by atoms with van der Waals surface area (Å²) in [7, 11) is 0. The van der Waals surface area contributed by atoms with E-state index in [0.29, 0.717) is 10.3 Å². The second kappa shape index (κ2) is 6.05. The van der Waals surface area contributed by atoms with Gasteiger partial charge in [-0.2, -0.15) is 5.10 Å². The van der Waals surface area contributed by atoms with Crippen molar-refractivity contribution >= 4 is 33.8 Å². The fraction of sp³-hybridized carbons (Fsp3) is 0.545. The number of anilines is 1. The molecule has 1 aromatic heterocycles. The summed E-state index contributed by atoms with van der Waals surface area (Å²) in [4.78, 5) is 22.0. The Morgan fingerprint density at radius 2 is 2.16 bits per heavy atom. The van der Waals surface area contributed by atoms with Gasteiger partial charge in [0, 0.05) is 6.20 Å². The SMILES string of the molecule is CC(C)(C)OC(=O)Nc1nn(CCC(=O)O)cc1Br. The van der Waals surface area contributed by atoms with Gasteiger partial charge in [0.25, 0.3) is 0 Å². The number of hydrogen-bond donors (Lipinski definition) is 2. The van der Waals surface area contributed by atoms with Crippen molar-refractivity contribution in [1.29, 1.82) is 0 Å². The molecule has 0 unspecified atom stereocenters. The molecule has 0 fully saturated rings. The van der Waals surface area contributed by atoms with E-state index in [-0.39, 0.29) is 13.0 Å². The summed E-state index contributed by atoms with van der Waals surface area (Å²) in [6, 6.07) is 0. The molecule has 0 aliphatic rings. The van der Waals surface area contributed by atoms with Crippen LogP contribution in [0.1, 0.15) is 27.2 Å². The number of rotatable bonds is 4. The standard InChI is InChI=1S/C11H16BrN3O4/c1-11(2,3)19-10(18)13-9-7(12)6-15(14-9)5-4-8(16)17/h6H,4-5H2,1-3H3,(H,16,17)(H,13,14,18). The molecule has 1 aromatic rings. The lowest BCUT2D eigenvalue weighted by atomic mass is 10.2. The maximum atomic E-state index is 11.6. The third kappa shape index (κ3) is 5.73. The number of aryl methyl sites for hydroxylation is 1. The van der Waals surface area contributed by atoms with Gasteiger partial charge in [-0.3, -0.25) is 14.8 Å². The summed E-state index contributed by atoms with van der Waals surface area (Å²) in [6.07, 6.45) is 0.937. The molecule has 0 saturated heterocycles. The number of aromatic nitrogens is 2. The number of amides is 1. The van der Waals surface area contributed by atoms with Crippen molar-refractivity contribution in [3.8, 4) is 0 Å². The maximum Gasteiger partial charge on any atom is 0.413 e. The minimum atomic E-state index is -0.909. The van der Waals surface area contributed by atoms with Crippen LogP contribution in [0.3, 0.4) is 0 Å². The van der Waals surface area contributed by atoms with E-state index < -0.39 is 17.7 Å². The quantitative estimate of drug-likeness (QED) is 0.882. The normalized spacial score (nSPS) is 11.2. The molecule has 106 valence electrons. The van der Waals surface area contributed by atoms with Crippen LogP contribution in [0, 0.1) is 0 Å². The van der Waals surface area contributed by atoms with Crippen molar-refractivity contribution < 1.29 is 19.4 Å². The van der Waals surface area contributed by atoms with Gasteiger partial charge < -0.3 is 9.84 Å². The van der Waals surface area contributed by atoms with Crippen molar-refractivity contribution in [3.63, 3.8) is 0 Å². The first-order chi connectivity index (χ1) is 8.67. The van der Waals surface area contributed by atoms with E-state index >= 15 is 0 Å². The van der Waals surface area contributed by atoms with E-state index in [1.165, 1.54) is 4.68 Å². The average Bonchev–Trinajstić information content (AvgIpc) is 2.54. The number of carboxylic acid groups (broad SMARTS) is 1. The van der Waals surface area contributed by atoms with Crippen LogP contribution in [0.25, 0.3) is 0 Å². The van der Waals surface area contributed by atoms with Gasteiger partial charge in [0.05, 0.1) is 17.4 Å². The molecular formula is C11H16BrN3O4. The van der Waals surface area contributed by atoms with Crippen LogP contribution in [0.15, 0.2) is 10.7 Å². The number of carbonyl (C=O) groups is 2. The Kier molecular flexibility index (Phi) is 4.93. The highest BCUT2D eigenvalue weighted by atomic mass is 79.9. The Balaban J connectivity index is 2.64. The topological polar surface area (TPSA) is 93.5 Å². The summed E-state index contributed by atoms with van der Waals surface area (Å²) >= 11 is 3.23. The van der Waals surface area contributed by atoms with E-state index in [9.17, 15) is 9.59 Å². The Morgan fingerprint density at radius 1 is 1.53 bits per heavy atom.